The molecule has 2 aromatic carbocycles. The molecule has 6 nitrogen and oxygen atoms in total. The van der Waals surface area contributed by atoms with Gasteiger partial charge in [0.1, 0.15) is 0 Å². The van der Waals surface area contributed by atoms with E-state index in [4.69, 9.17) is 4.74 Å². The molecule has 1 unspecified atom stereocenters. The van der Waals surface area contributed by atoms with Gasteiger partial charge in [-0.25, -0.2) is 9.79 Å². The van der Waals surface area contributed by atoms with Crippen molar-refractivity contribution < 1.29 is 14.3 Å². The largest absolute Gasteiger partial charge is 0.463 e. The predicted octanol–water partition coefficient (Wildman–Crippen LogP) is 4.63. The Hall–Kier alpha value is -3.06. The Kier molecular flexibility index (Phi) is 6.42. The van der Waals surface area contributed by atoms with E-state index in [9.17, 15) is 9.59 Å². The second-order valence-electron chi connectivity index (χ2n) is 7.35. The second-order valence-corrected chi connectivity index (χ2v) is 8.42. The number of anilines is 1. The normalized spacial score (nSPS) is 18.2. The smallest absolute Gasteiger partial charge is 0.338 e. The van der Waals surface area contributed by atoms with Gasteiger partial charge in [0.15, 0.2) is 5.17 Å². The summed E-state index contributed by atoms with van der Waals surface area (Å²) in [7, 11) is 0. The fourth-order valence-corrected chi connectivity index (χ4v) is 4.85. The van der Waals surface area contributed by atoms with Crippen molar-refractivity contribution in [1.29, 1.82) is 0 Å². The second kappa shape index (κ2) is 9.39. The highest BCUT2D eigenvalue weighted by molar-refractivity contribution is 8.13. The Morgan fingerprint density at radius 1 is 1.16 bits per heavy atom. The van der Waals surface area contributed by atoms with E-state index in [1.165, 1.54) is 0 Å². The van der Waals surface area contributed by atoms with Crippen molar-refractivity contribution in [3.8, 4) is 0 Å². The Bertz CT molecular complexity index is 1030. The minimum atomic E-state index is -0.329. The molecule has 1 N–H and O–H groups in total. The number of fused-ring (bicyclic) bond motifs is 1. The maximum atomic E-state index is 12.8. The number of esters is 1. The Balaban J connectivity index is 1.62. The highest BCUT2D eigenvalue weighted by Crippen LogP contribution is 2.40. The van der Waals surface area contributed by atoms with Crippen LogP contribution in [0.4, 0.5) is 5.69 Å². The van der Waals surface area contributed by atoms with Gasteiger partial charge in [-0.05, 0) is 50.1 Å². The van der Waals surface area contributed by atoms with Gasteiger partial charge in [-0.3, -0.25) is 4.79 Å². The fraction of sp³-hybridized carbons (Fsp3) is 0.292. The Labute approximate surface area is 186 Å². The van der Waals surface area contributed by atoms with Gasteiger partial charge in [-0.1, -0.05) is 42.1 Å². The number of hydrogen-bond donors (Lipinski definition) is 1. The number of allylic oxidation sites excluding steroid dienone is 1. The lowest BCUT2D eigenvalue weighted by molar-refractivity contribution is -0.139. The third kappa shape index (κ3) is 4.51. The lowest BCUT2D eigenvalue weighted by Crippen LogP contribution is -2.42. The molecule has 31 heavy (non-hydrogen) atoms. The molecule has 0 saturated carbocycles. The molecular weight excluding hydrogens is 410 g/mol. The summed E-state index contributed by atoms with van der Waals surface area (Å²) in [4.78, 5) is 32.1. The minimum Gasteiger partial charge on any atom is -0.463 e. The molecule has 2 aliphatic rings. The van der Waals surface area contributed by atoms with Crippen LogP contribution in [-0.2, 0) is 9.53 Å². The van der Waals surface area contributed by atoms with Crippen LogP contribution in [0.2, 0.25) is 0 Å². The third-order valence-corrected chi connectivity index (χ3v) is 6.35. The summed E-state index contributed by atoms with van der Waals surface area (Å²) in [5.41, 5.74) is 3.55. The molecule has 7 heteroatoms. The van der Waals surface area contributed by atoms with Crippen LogP contribution in [0.3, 0.4) is 0 Å². The van der Waals surface area contributed by atoms with Gasteiger partial charge in [0, 0.05) is 23.5 Å². The van der Waals surface area contributed by atoms with E-state index in [1.54, 1.807) is 30.8 Å². The first-order chi connectivity index (χ1) is 15.1. The fourth-order valence-electron chi connectivity index (χ4n) is 3.83. The van der Waals surface area contributed by atoms with Gasteiger partial charge < -0.3 is 15.0 Å². The highest BCUT2D eigenvalue weighted by Gasteiger charge is 2.37. The molecule has 0 spiro atoms. The molecule has 0 bridgehead atoms. The molecule has 2 aliphatic heterocycles. The number of nitrogens with one attached hydrogen (secondary N) is 1. The average Bonchev–Trinajstić information content (AvgIpc) is 2.79. The molecule has 1 atom stereocenters. The lowest BCUT2D eigenvalue weighted by atomic mass is 9.94. The number of amides is 1. The molecule has 1 saturated heterocycles. The number of rotatable bonds is 5. The summed E-state index contributed by atoms with van der Waals surface area (Å²) < 4.78 is 5.35. The first-order valence-electron chi connectivity index (χ1n) is 10.4. The standard InChI is InChI=1S/C24H25N3O3S/c1-3-30-23(29)20-16(2)25-24-27(14-7-15-31-24)21(20)17-10-12-19(13-11-17)26-22(28)18-8-5-4-6-9-18/h4-6,8-13,21H,3,7,14-15H2,1-2H3,(H,26,28). The van der Waals surface area contributed by atoms with Gasteiger partial charge >= 0.3 is 5.97 Å². The van der Waals surface area contributed by atoms with Gasteiger partial charge in [-0.2, -0.15) is 0 Å². The highest BCUT2D eigenvalue weighted by atomic mass is 32.2. The zero-order valence-electron chi connectivity index (χ0n) is 17.6. The molecular formula is C24H25N3O3S. The van der Waals surface area contributed by atoms with Crippen LogP contribution in [-0.4, -0.2) is 40.8 Å². The van der Waals surface area contributed by atoms with Gasteiger partial charge in [0.05, 0.1) is 23.9 Å². The monoisotopic (exact) mass is 435 g/mol. The summed E-state index contributed by atoms with van der Waals surface area (Å²) in [5.74, 6) is 0.537. The number of amidine groups is 1. The van der Waals surface area contributed by atoms with Crippen LogP contribution in [0.15, 0.2) is 70.9 Å². The molecule has 160 valence electrons. The van der Waals surface area contributed by atoms with Gasteiger partial charge in [-0.15, -0.1) is 0 Å². The maximum absolute atomic E-state index is 12.8. The first kappa shape index (κ1) is 21.2. The number of benzene rings is 2. The minimum absolute atomic E-state index is 0.157. The number of carbonyl (C=O) groups is 2. The van der Waals surface area contributed by atoms with Crippen LogP contribution < -0.4 is 5.32 Å². The number of thioether (sulfide) groups is 1. The van der Waals surface area contributed by atoms with Gasteiger partial charge in [0.25, 0.3) is 5.91 Å². The van der Waals surface area contributed by atoms with Crippen molar-refractivity contribution in [2.75, 3.05) is 24.2 Å². The quantitative estimate of drug-likeness (QED) is 0.694. The SMILES string of the molecule is CCOC(=O)C1=C(C)N=C2SCCCN2C1c1ccc(NC(=O)c2ccccc2)cc1. The topological polar surface area (TPSA) is 71.0 Å². The van der Waals surface area contributed by atoms with Crippen molar-refractivity contribution in [3.63, 3.8) is 0 Å². The number of aliphatic imine (C=N–C) groups is 1. The molecule has 1 fully saturated rings. The van der Waals surface area contributed by atoms with Crippen molar-refractivity contribution >= 4 is 34.5 Å². The van der Waals surface area contributed by atoms with Crippen LogP contribution in [0, 0.1) is 0 Å². The molecule has 0 aromatic heterocycles. The zero-order chi connectivity index (χ0) is 21.8. The van der Waals surface area contributed by atoms with E-state index in [-0.39, 0.29) is 17.9 Å². The van der Waals surface area contributed by atoms with E-state index >= 15 is 0 Å². The first-order valence-corrected chi connectivity index (χ1v) is 11.4. The summed E-state index contributed by atoms with van der Waals surface area (Å²) in [6.45, 7) is 4.83. The number of hydrogen-bond acceptors (Lipinski definition) is 6. The summed E-state index contributed by atoms with van der Waals surface area (Å²) >= 11 is 1.72. The lowest BCUT2D eigenvalue weighted by Gasteiger charge is -2.40. The molecule has 0 radical (unpaired) electrons. The van der Waals surface area contributed by atoms with Crippen LogP contribution in [0.1, 0.15) is 42.2 Å². The number of ether oxygens (including phenoxy) is 1. The Morgan fingerprint density at radius 2 is 1.90 bits per heavy atom. The summed E-state index contributed by atoms with van der Waals surface area (Å²) in [6, 6.07) is 16.5. The van der Waals surface area contributed by atoms with Crippen LogP contribution in [0.25, 0.3) is 0 Å². The van der Waals surface area contributed by atoms with Crippen molar-refractivity contribution in [3.05, 3.63) is 77.0 Å². The third-order valence-electron chi connectivity index (χ3n) is 5.27. The average molecular weight is 436 g/mol. The van der Waals surface area contributed by atoms with E-state index in [0.29, 0.717) is 29.1 Å². The van der Waals surface area contributed by atoms with E-state index in [0.717, 1.165) is 29.4 Å². The van der Waals surface area contributed by atoms with Crippen molar-refractivity contribution in [2.45, 2.75) is 26.3 Å². The maximum Gasteiger partial charge on any atom is 0.338 e. The number of nitrogens with zero attached hydrogens (tertiary/aromatic N) is 2. The molecule has 2 aromatic rings. The van der Waals surface area contributed by atoms with Crippen molar-refractivity contribution in [1.82, 2.24) is 4.90 Å². The van der Waals surface area contributed by atoms with Crippen LogP contribution >= 0.6 is 11.8 Å². The summed E-state index contributed by atoms with van der Waals surface area (Å²) in [6.07, 6.45) is 1.03. The molecule has 2 heterocycles. The van der Waals surface area contributed by atoms with E-state index < -0.39 is 0 Å². The molecule has 1 amide bonds. The molecule has 4 rings (SSSR count). The Morgan fingerprint density at radius 3 is 2.61 bits per heavy atom. The predicted molar refractivity (Wildman–Crippen MR) is 124 cm³/mol. The molecule has 0 aliphatic carbocycles. The van der Waals surface area contributed by atoms with Crippen molar-refractivity contribution in [2.24, 2.45) is 4.99 Å². The van der Waals surface area contributed by atoms with Gasteiger partial charge in [0.2, 0.25) is 0 Å². The van der Waals surface area contributed by atoms with E-state index in [1.807, 2.05) is 49.4 Å². The summed E-state index contributed by atoms with van der Waals surface area (Å²) in [5, 5.41) is 3.87. The number of carbonyl (C=O) groups excluding carboxylic acids is 2. The zero-order valence-corrected chi connectivity index (χ0v) is 18.4. The van der Waals surface area contributed by atoms with Crippen LogP contribution in [0.5, 0.6) is 0 Å². The van der Waals surface area contributed by atoms with E-state index in [2.05, 4.69) is 15.2 Å².